The van der Waals surface area contributed by atoms with Gasteiger partial charge >= 0.3 is 5.97 Å². The Morgan fingerprint density at radius 1 is 1.19 bits per heavy atom. The van der Waals surface area contributed by atoms with E-state index in [9.17, 15) is 9.00 Å². The van der Waals surface area contributed by atoms with Crippen LogP contribution in [0, 0.1) is 5.92 Å². The van der Waals surface area contributed by atoms with Gasteiger partial charge in [0.25, 0.3) is 0 Å². The van der Waals surface area contributed by atoms with Gasteiger partial charge in [-0.05, 0) is 6.42 Å². The SMILES string of the molecule is CCCCCCCCS(=O)CC(C)C(=O)O. The lowest BCUT2D eigenvalue weighted by molar-refractivity contribution is -0.140. The summed E-state index contributed by atoms with van der Waals surface area (Å²) in [6, 6.07) is 0. The van der Waals surface area contributed by atoms with Gasteiger partial charge in [0.15, 0.2) is 0 Å². The highest BCUT2D eigenvalue weighted by Crippen LogP contribution is 2.07. The molecule has 0 radical (unpaired) electrons. The van der Waals surface area contributed by atoms with Crippen molar-refractivity contribution in [2.75, 3.05) is 11.5 Å². The maximum absolute atomic E-state index is 11.5. The first-order chi connectivity index (χ1) is 7.57. The van der Waals surface area contributed by atoms with Crippen LogP contribution in [-0.2, 0) is 15.6 Å². The number of aliphatic carboxylic acids is 1. The van der Waals surface area contributed by atoms with Gasteiger partial charge < -0.3 is 5.11 Å². The molecule has 0 amide bonds. The van der Waals surface area contributed by atoms with Crippen LogP contribution in [0.4, 0.5) is 0 Å². The van der Waals surface area contributed by atoms with Gasteiger partial charge in [-0.1, -0.05) is 46.0 Å². The Balaban J connectivity index is 3.40. The van der Waals surface area contributed by atoms with Gasteiger partial charge in [-0.15, -0.1) is 0 Å². The average Bonchev–Trinajstić information content (AvgIpc) is 2.23. The predicted octanol–water partition coefficient (Wildman–Crippen LogP) is 2.82. The Morgan fingerprint density at radius 3 is 2.31 bits per heavy atom. The van der Waals surface area contributed by atoms with E-state index in [4.69, 9.17) is 5.11 Å². The third-order valence-corrected chi connectivity index (χ3v) is 4.20. The molecule has 0 rings (SSSR count). The molecule has 0 bridgehead atoms. The van der Waals surface area contributed by atoms with Crippen LogP contribution in [0.3, 0.4) is 0 Å². The van der Waals surface area contributed by atoms with E-state index in [1.165, 1.54) is 25.7 Å². The maximum atomic E-state index is 11.5. The highest BCUT2D eigenvalue weighted by atomic mass is 32.2. The van der Waals surface area contributed by atoms with Crippen LogP contribution in [-0.4, -0.2) is 26.8 Å². The van der Waals surface area contributed by atoms with Crippen LogP contribution in [0.5, 0.6) is 0 Å². The zero-order chi connectivity index (χ0) is 12.4. The Bertz CT molecular complexity index is 216. The monoisotopic (exact) mass is 248 g/mol. The number of unbranched alkanes of at least 4 members (excludes halogenated alkanes) is 5. The highest BCUT2D eigenvalue weighted by Gasteiger charge is 2.14. The first-order valence-electron chi connectivity index (χ1n) is 6.15. The van der Waals surface area contributed by atoms with Crippen molar-refractivity contribution in [3.8, 4) is 0 Å². The molecule has 96 valence electrons. The number of hydrogen-bond donors (Lipinski definition) is 1. The zero-order valence-electron chi connectivity index (χ0n) is 10.4. The smallest absolute Gasteiger partial charge is 0.307 e. The molecule has 0 heterocycles. The number of hydrogen-bond acceptors (Lipinski definition) is 2. The van der Waals surface area contributed by atoms with E-state index in [0.29, 0.717) is 11.5 Å². The number of carbonyl (C=O) groups is 1. The van der Waals surface area contributed by atoms with Gasteiger partial charge in [0.05, 0.1) is 5.92 Å². The van der Waals surface area contributed by atoms with E-state index in [-0.39, 0.29) is 0 Å². The molecule has 3 nitrogen and oxygen atoms in total. The van der Waals surface area contributed by atoms with E-state index >= 15 is 0 Å². The Hall–Kier alpha value is -0.380. The molecule has 0 spiro atoms. The minimum absolute atomic E-state index is 0.296. The van der Waals surface area contributed by atoms with Gasteiger partial charge in [0, 0.05) is 22.3 Å². The first-order valence-corrected chi connectivity index (χ1v) is 7.64. The fourth-order valence-electron chi connectivity index (χ4n) is 1.48. The summed E-state index contributed by atoms with van der Waals surface area (Å²) in [5.74, 6) is -0.383. The number of rotatable bonds is 10. The lowest BCUT2D eigenvalue weighted by atomic mass is 10.1. The number of carboxylic acid groups (broad SMARTS) is 1. The topological polar surface area (TPSA) is 54.4 Å². The molecule has 0 aliphatic heterocycles. The minimum Gasteiger partial charge on any atom is -0.481 e. The Labute approximate surface area is 101 Å². The van der Waals surface area contributed by atoms with Crippen LogP contribution in [0.25, 0.3) is 0 Å². The summed E-state index contributed by atoms with van der Waals surface area (Å²) in [5.41, 5.74) is 0. The van der Waals surface area contributed by atoms with E-state index in [1.807, 2.05) is 0 Å². The van der Waals surface area contributed by atoms with E-state index in [2.05, 4.69) is 6.92 Å². The van der Waals surface area contributed by atoms with Crippen LogP contribution >= 0.6 is 0 Å². The van der Waals surface area contributed by atoms with Crippen molar-refractivity contribution in [1.82, 2.24) is 0 Å². The second-order valence-electron chi connectivity index (χ2n) is 4.32. The Kier molecular flexibility index (Phi) is 9.59. The summed E-state index contributed by atoms with van der Waals surface area (Å²) in [5, 5.41) is 8.67. The van der Waals surface area contributed by atoms with Crippen molar-refractivity contribution in [3.05, 3.63) is 0 Å². The molecule has 0 saturated heterocycles. The molecule has 0 aliphatic carbocycles. The van der Waals surface area contributed by atoms with Gasteiger partial charge in [-0.2, -0.15) is 0 Å². The van der Waals surface area contributed by atoms with Gasteiger partial charge in [0.1, 0.15) is 0 Å². The van der Waals surface area contributed by atoms with Crippen LogP contribution in [0.1, 0.15) is 52.4 Å². The van der Waals surface area contributed by atoms with E-state index in [0.717, 1.165) is 12.8 Å². The molecular weight excluding hydrogens is 224 g/mol. The van der Waals surface area contributed by atoms with Gasteiger partial charge in [-0.25, -0.2) is 0 Å². The Morgan fingerprint density at radius 2 is 1.75 bits per heavy atom. The summed E-state index contributed by atoms with van der Waals surface area (Å²) in [7, 11) is -0.959. The second-order valence-corrected chi connectivity index (χ2v) is 5.94. The summed E-state index contributed by atoms with van der Waals surface area (Å²) < 4.78 is 11.5. The lowest BCUT2D eigenvalue weighted by Crippen LogP contribution is -2.18. The van der Waals surface area contributed by atoms with Gasteiger partial charge in [0.2, 0.25) is 0 Å². The summed E-state index contributed by atoms with van der Waals surface area (Å²) in [6.07, 6.45) is 7.06. The van der Waals surface area contributed by atoms with E-state index in [1.54, 1.807) is 6.92 Å². The molecule has 0 aliphatic rings. The molecular formula is C12H24O3S. The maximum Gasteiger partial charge on any atom is 0.307 e. The van der Waals surface area contributed by atoms with E-state index < -0.39 is 22.7 Å². The van der Waals surface area contributed by atoms with Crippen molar-refractivity contribution in [1.29, 1.82) is 0 Å². The first kappa shape index (κ1) is 15.6. The van der Waals surface area contributed by atoms with Crippen molar-refractivity contribution < 1.29 is 14.1 Å². The standard InChI is InChI=1S/C12H24O3S/c1-3-4-5-6-7-8-9-16(15)10-11(2)12(13)14/h11H,3-10H2,1-2H3,(H,13,14). The largest absolute Gasteiger partial charge is 0.481 e. The summed E-state index contributed by atoms with van der Waals surface area (Å²) in [6.45, 7) is 3.80. The molecule has 0 aromatic heterocycles. The summed E-state index contributed by atoms with van der Waals surface area (Å²) >= 11 is 0. The molecule has 4 heteroatoms. The second kappa shape index (κ2) is 9.82. The number of carboxylic acids is 1. The van der Waals surface area contributed by atoms with Crippen LogP contribution in [0.2, 0.25) is 0 Å². The molecule has 2 unspecified atom stereocenters. The molecule has 1 N–H and O–H groups in total. The van der Waals surface area contributed by atoms with Crippen molar-refractivity contribution >= 4 is 16.8 Å². The molecule has 0 saturated carbocycles. The minimum atomic E-state index is -0.959. The lowest BCUT2D eigenvalue weighted by Gasteiger charge is -2.05. The predicted molar refractivity (Wildman–Crippen MR) is 68.1 cm³/mol. The normalized spacial score (nSPS) is 14.6. The molecule has 2 atom stereocenters. The molecule has 0 fully saturated rings. The molecule has 0 aromatic rings. The fraction of sp³-hybridized carbons (Fsp3) is 0.917. The third kappa shape index (κ3) is 8.89. The average molecular weight is 248 g/mol. The zero-order valence-corrected chi connectivity index (χ0v) is 11.2. The van der Waals surface area contributed by atoms with Crippen molar-refractivity contribution in [3.63, 3.8) is 0 Å². The van der Waals surface area contributed by atoms with Crippen molar-refractivity contribution in [2.45, 2.75) is 52.4 Å². The summed E-state index contributed by atoms with van der Waals surface area (Å²) in [4.78, 5) is 10.5. The molecule has 16 heavy (non-hydrogen) atoms. The van der Waals surface area contributed by atoms with Crippen molar-refractivity contribution in [2.24, 2.45) is 5.92 Å². The highest BCUT2D eigenvalue weighted by molar-refractivity contribution is 7.85. The third-order valence-electron chi connectivity index (χ3n) is 2.58. The van der Waals surface area contributed by atoms with Gasteiger partial charge in [-0.3, -0.25) is 9.00 Å². The fourth-order valence-corrected chi connectivity index (χ4v) is 2.87. The van der Waals surface area contributed by atoms with Crippen LogP contribution in [0.15, 0.2) is 0 Å². The quantitative estimate of drug-likeness (QED) is 0.605. The molecule has 0 aromatic carbocycles. The van der Waals surface area contributed by atoms with Crippen LogP contribution < -0.4 is 0 Å².